The number of sulfonamides is 1. The third-order valence-corrected chi connectivity index (χ3v) is 4.53. The number of unbranched alkanes of at least 4 members (excludes halogenated alkanes) is 1. The SMILES string of the molecule is CCCCC(N)C(=O)Nc1ccc(S(=O)(=O)NCC)cc1. The van der Waals surface area contributed by atoms with E-state index in [9.17, 15) is 13.2 Å². The minimum atomic E-state index is -3.47. The maximum Gasteiger partial charge on any atom is 0.241 e. The predicted octanol–water partition coefficient (Wildman–Crippen LogP) is 1.44. The number of hydrogen-bond donors (Lipinski definition) is 3. The van der Waals surface area contributed by atoms with E-state index >= 15 is 0 Å². The predicted molar refractivity (Wildman–Crippen MR) is 83.4 cm³/mol. The van der Waals surface area contributed by atoms with Crippen LogP contribution in [0.3, 0.4) is 0 Å². The Morgan fingerprint density at radius 2 is 1.86 bits per heavy atom. The lowest BCUT2D eigenvalue weighted by atomic mass is 10.1. The van der Waals surface area contributed by atoms with Crippen LogP contribution in [0.25, 0.3) is 0 Å². The number of benzene rings is 1. The second-order valence-electron chi connectivity index (χ2n) is 4.76. The monoisotopic (exact) mass is 313 g/mol. The molecule has 0 aromatic heterocycles. The molecule has 7 heteroatoms. The van der Waals surface area contributed by atoms with Gasteiger partial charge in [-0.3, -0.25) is 4.79 Å². The standard InChI is InChI=1S/C14H23N3O3S/c1-3-5-6-13(15)14(18)17-11-7-9-12(10-8-11)21(19,20)16-4-2/h7-10,13,16H,3-6,15H2,1-2H3,(H,17,18). The van der Waals surface area contributed by atoms with Crippen LogP contribution in [0, 0.1) is 0 Å². The number of carbonyl (C=O) groups is 1. The van der Waals surface area contributed by atoms with Gasteiger partial charge in [-0.15, -0.1) is 0 Å². The van der Waals surface area contributed by atoms with Crippen LogP contribution in [-0.2, 0) is 14.8 Å². The van der Waals surface area contributed by atoms with E-state index in [-0.39, 0.29) is 10.8 Å². The zero-order chi connectivity index (χ0) is 15.9. The van der Waals surface area contributed by atoms with Crippen LogP contribution in [0.15, 0.2) is 29.2 Å². The maximum absolute atomic E-state index is 11.8. The van der Waals surface area contributed by atoms with Crippen molar-refractivity contribution in [2.24, 2.45) is 5.73 Å². The van der Waals surface area contributed by atoms with Crippen LogP contribution in [0.2, 0.25) is 0 Å². The molecule has 1 aromatic carbocycles. The molecule has 0 spiro atoms. The Bertz CT molecular complexity index is 555. The minimum Gasteiger partial charge on any atom is -0.325 e. The molecular weight excluding hydrogens is 290 g/mol. The van der Waals surface area contributed by atoms with Crippen molar-refractivity contribution in [3.05, 3.63) is 24.3 Å². The van der Waals surface area contributed by atoms with Crippen LogP contribution in [0.5, 0.6) is 0 Å². The summed E-state index contributed by atoms with van der Waals surface area (Å²) in [4.78, 5) is 12.0. The maximum atomic E-state index is 11.8. The Hall–Kier alpha value is -1.44. The molecule has 0 radical (unpaired) electrons. The van der Waals surface area contributed by atoms with Gasteiger partial charge in [-0.1, -0.05) is 26.7 Å². The van der Waals surface area contributed by atoms with Crippen molar-refractivity contribution in [1.29, 1.82) is 0 Å². The molecular formula is C14H23N3O3S. The third-order valence-electron chi connectivity index (χ3n) is 2.97. The molecule has 0 aliphatic carbocycles. The quantitative estimate of drug-likeness (QED) is 0.676. The van der Waals surface area contributed by atoms with Gasteiger partial charge in [0.15, 0.2) is 0 Å². The van der Waals surface area contributed by atoms with Gasteiger partial charge in [0.25, 0.3) is 0 Å². The first-order chi connectivity index (χ1) is 9.90. The zero-order valence-corrected chi connectivity index (χ0v) is 13.2. The van der Waals surface area contributed by atoms with Crippen molar-refractivity contribution >= 4 is 21.6 Å². The van der Waals surface area contributed by atoms with Gasteiger partial charge < -0.3 is 11.1 Å². The van der Waals surface area contributed by atoms with Crippen molar-refractivity contribution in [1.82, 2.24) is 4.72 Å². The van der Waals surface area contributed by atoms with E-state index in [0.717, 1.165) is 12.8 Å². The average Bonchev–Trinajstić information content (AvgIpc) is 2.45. The van der Waals surface area contributed by atoms with Gasteiger partial charge in [-0.05, 0) is 30.7 Å². The van der Waals surface area contributed by atoms with E-state index in [2.05, 4.69) is 10.0 Å². The van der Waals surface area contributed by atoms with E-state index in [4.69, 9.17) is 5.73 Å². The van der Waals surface area contributed by atoms with Crippen LogP contribution in [-0.4, -0.2) is 26.9 Å². The lowest BCUT2D eigenvalue weighted by Gasteiger charge is -2.12. The number of nitrogens with one attached hydrogen (secondary N) is 2. The highest BCUT2D eigenvalue weighted by molar-refractivity contribution is 7.89. The molecule has 0 aliphatic rings. The van der Waals surface area contributed by atoms with Crippen LogP contribution in [0.1, 0.15) is 33.1 Å². The summed E-state index contributed by atoms with van der Waals surface area (Å²) in [6, 6.07) is 5.45. The number of nitrogens with two attached hydrogens (primary N) is 1. The van der Waals surface area contributed by atoms with Gasteiger partial charge in [0.2, 0.25) is 15.9 Å². The van der Waals surface area contributed by atoms with Gasteiger partial charge in [0.1, 0.15) is 0 Å². The fraction of sp³-hybridized carbons (Fsp3) is 0.500. The van der Waals surface area contributed by atoms with E-state index in [1.54, 1.807) is 19.1 Å². The fourth-order valence-corrected chi connectivity index (χ4v) is 2.82. The topological polar surface area (TPSA) is 101 Å². The van der Waals surface area contributed by atoms with Crippen molar-refractivity contribution in [3.8, 4) is 0 Å². The van der Waals surface area contributed by atoms with Crippen molar-refractivity contribution in [3.63, 3.8) is 0 Å². The van der Waals surface area contributed by atoms with Crippen molar-refractivity contribution < 1.29 is 13.2 Å². The summed E-state index contributed by atoms with van der Waals surface area (Å²) < 4.78 is 26.0. The molecule has 0 bridgehead atoms. The fourth-order valence-electron chi connectivity index (χ4n) is 1.78. The highest BCUT2D eigenvalue weighted by atomic mass is 32.2. The van der Waals surface area contributed by atoms with Gasteiger partial charge in [0, 0.05) is 12.2 Å². The Kier molecular flexibility index (Phi) is 6.80. The molecule has 0 saturated carbocycles. The second kappa shape index (κ2) is 8.11. The lowest BCUT2D eigenvalue weighted by molar-refractivity contribution is -0.117. The summed E-state index contributed by atoms with van der Waals surface area (Å²) in [6.45, 7) is 4.07. The molecule has 1 amide bonds. The molecule has 118 valence electrons. The number of anilines is 1. The number of hydrogen-bond acceptors (Lipinski definition) is 4. The van der Waals surface area contributed by atoms with E-state index in [1.807, 2.05) is 6.92 Å². The molecule has 0 fully saturated rings. The molecule has 1 rings (SSSR count). The third kappa shape index (κ3) is 5.45. The van der Waals surface area contributed by atoms with Gasteiger partial charge in [-0.25, -0.2) is 13.1 Å². The number of amides is 1. The van der Waals surface area contributed by atoms with Crippen LogP contribution in [0.4, 0.5) is 5.69 Å². The summed E-state index contributed by atoms with van der Waals surface area (Å²) in [5.41, 5.74) is 6.30. The Balaban J connectivity index is 2.69. The van der Waals surface area contributed by atoms with Crippen molar-refractivity contribution in [2.75, 3.05) is 11.9 Å². The van der Waals surface area contributed by atoms with Gasteiger partial charge >= 0.3 is 0 Å². The van der Waals surface area contributed by atoms with E-state index in [1.165, 1.54) is 12.1 Å². The normalized spacial score (nSPS) is 12.9. The Morgan fingerprint density at radius 3 is 2.38 bits per heavy atom. The first-order valence-corrected chi connectivity index (χ1v) is 8.55. The average molecular weight is 313 g/mol. The first-order valence-electron chi connectivity index (χ1n) is 7.07. The second-order valence-corrected chi connectivity index (χ2v) is 6.53. The first kappa shape index (κ1) is 17.6. The Morgan fingerprint density at radius 1 is 1.24 bits per heavy atom. The molecule has 0 heterocycles. The smallest absolute Gasteiger partial charge is 0.241 e. The van der Waals surface area contributed by atoms with Crippen LogP contribution < -0.4 is 15.8 Å². The molecule has 6 nitrogen and oxygen atoms in total. The van der Waals surface area contributed by atoms with Crippen molar-refractivity contribution in [2.45, 2.75) is 44.0 Å². The number of rotatable bonds is 8. The Labute approximate surface area is 126 Å². The molecule has 1 aromatic rings. The lowest BCUT2D eigenvalue weighted by Crippen LogP contribution is -2.35. The summed E-state index contributed by atoms with van der Waals surface area (Å²) in [6.07, 6.45) is 2.52. The molecule has 4 N–H and O–H groups in total. The highest BCUT2D eigenvalue weighted by Crippen LogP contribution is 2.14. The summed E-state index contributed by atoms with van der Waals surface area (Å²) in [7, 11) is -3.47. The van der Waals surface area contributed by atoms with E-state index in [0.29, 0.717) is 18.7 Å². The molecule has 1 unspecified atom stereocenters. The molecule has 0 saturated heterocycles. The molecule has 1 atom stereocenters. The largest absolute Gasteiger partial charge is 0.325 e. The molecule has 0 aliphatic heterocycles. The summed E-state index contributed by atoms with van der Waals surface area (Å²) in [5.74, 6) is -0.259. The van der Waals surface area contributed by atoms with E-state index < -0.39 is 16.1 Å². The minimum absolute atomic E-state index is 0.164. The van der Waals surface area contributed by atoms with Gasteiger partial charge in [-0.2, -0.15) is 0 Å². The summed E-state index contributed by atoms with van der Waals surface area (Å²) in [5, 5.41) is 2.68. The van der Waals surface area contributed by atoms with Gasteiger partial charge in [0.05, 0.1) is 10.9 Å². The number of carbonyl (C=O) groups excluding carboxylic acids is 1. The molecule has 21 heavy (non-hydrogen) atoms. The zero-order valence-electron chi connectivity index (χ0n) is 12.4. The summed E-state index contributed by atoms with van der Waals surface area (Å²) >= 11 is 0. The van der Waals surface area contributed by atoms with Crippen LogP contribution >= 0.6 is 0 Å². The highest BCUT2D eigenvalue weighted by Gasteiger charge is 2.15.